The maximum atomic E-state index is 6.41. The number of hydrogen-bond acceptors (Lipinski definition) is 2. The van der Waals surface area contributed by atoms with E-state index in [2.05, 4.69) is 28.8 Å². The van der Waals surface area contributed by atoms with Gasteiger partial charge in [-0.3, -0.25) is 0 Å². The van der Waals surface area contributed by atoms with Crippen LogP contribution in [0.15, 0.2) is 42.5 Å². The van der Waals surface area contributed by atoms with Crippen LogP contribution in [0, 0.1) is 0 Å². The predicted molar refractivity (Wildman–Crippen MR) is 86.3 cm³/mol. The van der Waals surface area contributed by atoms with Gasteiger partial charge < -0.3 is 10.3 Å². The summed E-state index contributed by atoms with van der Waals surface area (Å²) in [6, 6.07) is 14.8. The Kier molecular flexibility index (Phi) is 2.98. The minimum Gasteiger partial charge on any atom is -0.326 e. The van der Waals surface area contributed by atoms with Gasteiger partial charge in [-0.25, -0.2) is 4.98 Å². The SMILES string of the molecule is NCc1ccc(-c2nc3cccc(Cl)c3n2C2CC2)cc1. The topological polar surface area (TPSA) is 43.8 Å². The van der Waals surface area contributed by atoms with Crippen molar-refractivity contribution in [3.8, 4) is 11.4 Å². The highest BCUT2D eigenvalue weighted by atomic mass is 35.5. The molecule has 0 unspecified atom stereocenters. The number of nitrogens with zero attached hydrogens (tertiary/aromatic N) is 2. The zero-order valence-electron chi connectivity index (χ0n) is 11.6. The van der Waals surface area contributed by atoms with E-state index in [1.54, 1.807) is 0 Å². The highest BCUT2D eigenvalue weighted by molar-refractivity contribution is 6.35. The van der Waals surface area contributed by atoms with Crippen molar-refractivity contribution >= 4 is 22.6 Å². The molecule has 0 bridgehead atoms. The standard InChI is InChI=1S/C17H16ClN3/c18-14-2-1-3-15-16(14)21(13-8-9-13)17(20-15)12-6-4-11(10-19)5-7-12/h1-7,13H,8-10,19H2. The van der Waals surface area contributed by atoms with Crippen LogP contribution in [0.5, 0.6) is 0 Å². The molecule has 0 amide bonds. The van der Waals surface area contributed by atoms with Crippen LogP contribution < -0.4 is 5.73 Å². The third-order valence-electron chi connectivity index (χ3n) is 4.02. The predicted octanol–water partition coefficient (Wildman–Crippen LogP) is 4.15. The molecule has 1 aliphatic rings. The Hall–Kier alpha value is -1.84. The summed E-state index contributed by atoms with van der Waals surface area (Å²) in [5.41, 5.74) is 9.94. The molecule has 1 fully saturated rings. The van der Waals surface area contributed by atoms with Gasteiger partial charge in [0.15, 0.2) is 0 Å². The van der Waals surface area contributed by atoms with E-state index in [9.17, 15) is 0 Å². The number of halogens is 1. The van der Waals surface area contributed by atoms with Crippen molar-refractivity contribution in [1.29, 1.82) is 0 Å². The summed E-state index contributed by atoms with van der Waals surface area (Å²) < 4.78 is 2.30. The van der Waals surface area contributed by atoms with Gasteiger partial charge in [-0.2, -0.15) is 0 Å². The first-order valence-electron chi connectivity index (χ1n) is 7.24. The normalized spacial score (nSPS) is 14.8. The molecule has 0 atom stereocenters. The van der Waals surface area contributed by atoms with E-state index in [-0.39, 0.29) is 0 Å². The van der Waals surface area contributed by atoms with Gasteiger partial charge in [-0.15, -0.1) is 0 Å². The van der Waals surface area contributed by atoms with Gasteiger partial charge in [0, 0.05) is 18.2 Å². The summed E-state index contributed by atoms with van der Waals surface area (Å²) in [5.74, 6) is 1.00. The second-order valence-electron chi connectivity index (χ2n) is 5.55. The lowest BCUT2D eigenvalue weighted by molar-refractivity contribution is 0.775. The van der Waals surface area contributed by atoms with Crippen molar-refractivity contribution in [3.05, 3.63) is 53.1 Å². The Labute approximate surface area is 128 Å². The number of para-hydroxylation sites is 1. The van der Waals surface area contributed by atoms with Crippen molar-refractivity contribution in [2.75, 3.05) is 0 Å². The Morgan fingerprint density at radius 1 is 1.14 bits per heavy atom. The second-order valence-corrected chi connectivity index (χ2v) is 5.95. The zero-order valence-corrected chi connectivity index (χ0v) is 12.3. The molecule has 106 valence electrons. The maximum absolute atomic E-state index is 6.41. The summed E-state index contributed by atoms with van der Waals surface area (Å²) in [4.78, 5) is 4.81. The molecule has 2 aromatic carbocycles. The molecule has 4 heteroatoms. The largest absolute Gasteiger partial charge is 0.326 e. The smallest absolute Gasteiger partial charge is 0.141 e. The lowest BCUT2D eigenvalue weighted by atomic mass is 10.1. The Morgan fingerprint density at radius 3 is 2.57 bits per heavy atom. The van der Waals surface area contributed by atoms with Crippen molar-refractivity contribution < 1.29 is 0 Å². The minimum absolute atomic E-state index is 0.527. The molecule has 3 aromatic rings. The highest BCUT2D eigenvalue weighted by Gasteiger charge is 2.29. The lowest BCUT2D eigenvalue weighted by Gasteiger charge is -2.09. The molecular formula is C17H16ClN3. The molecule has 1 aliphatic carbocycles. The van der Waals surface area contributed by atoms with E-state index in [0.29, 0.717) is 12.6 Å². The van der Waals surface area contributed by atoms with Gasteiger partial charge in [-0.1, -0.05) is 41.9 Å². The molecule has 21 heavy (non-hydrogen) atoms. The monoisotopic (exact) mass is 297 g/mol. The van der Waals surface area contributed by atoms with Crippen LogP contribution in [-0.4, -0.2) is 9.55 Å². The fraction of sp³-hybridized carbons (Fsp3) is 0.235. The van der Waals surface area contributed by atoms with Gasteiger partial charge in [0.1, 0.15) is 5.82 Å². The summed E-state index contributed by atoms with van der Waals surface area (Å²) >= 11 is 6.41. The minimum atomic E-state index is 0.527. The third kappa shape index (κ3) is 2.13. The molecule has 3 nitrogen and oxygen atoms in total. The van der Waals surface area contributed by atoms with Crippen LogP contribution in [-0.2, 0) is 6.54 Å². The third-order valence-corrected chi connectivity index (χ3v) is 4.33. The fourth-order valence-corrected chi connectivity index (χ4v) is 3.05. The second kappa shape index (κ2) is 4.86. The van der Waals surface area contributed by atoms with Crippen LogP contribution in [0.2, 0.25) is 5.02 Å². The van der Waals surface area contributed by atoms with E-state index in [1.165, 1.54) is 12.8 Å². The maximum Gasteiger partial charge on any atom is 0.141 e. The molecule has 0 saturated heterocycles. The average molecular weight is 298 g/mol. The van der Waals surface area contributed by atoms with Crippen molar-refractivity contribution in [1.82, 2.24) is 9.55 Å². The lowest BCUT2D eigenvalue weighted by Crippen LogP contribution is -1.99. The quantitative estimate of drug-likeness (QED) is 0.789. The Balaban J connectivity index is 1.95. The first kappa shape index (κ1) is 12.9. The summed E-state index contributed by atoms with van der Waals surface area (Å²) in [6.45, 7) is 0.561. The summed E-state index contributed by atoms with van der Waals surface area (Å²) in [5, 5.41) is 0.775. The number of fused-ring (bicyclic) bond motifs is 1. The molecule has 0 radical (unpaired) electrons. The van der Waals surface area contributed by atoms with E-state index in [1.807, 2.05) is 18.2 Å². The van der Waals surface area contributed by atoms with Gasteiger partial charge in [0.05, 0.1) is 16.1 Å². The van der Waals surface area contributed by atoms with Crippen molar-refractivity contribution in [3.63, 3.8) is 0 Å². The molecule has 1 heterocycles. The van der Waals surface area contributed by atoms with Gasteiger partial charge >= 0.3 is 0 Å². The molecular weight excluding hydrogens is 282 g/mol. The number of benzene rings is 2. The van der Waals surface area contributed by atoms with E-state index in [0.717, 1.165) is 33.0 Å². The number of imidazole rings is 1. The van der Waals surface area contributed by atoms with Crippen LogP contribution in [0.25, 0.3) is 22.4 Å². The first-order chi connectivity index (χ1) is 10.3. The summed E-state index contributed by atoms with van der Waals surface area (Å²) in [7, 11) is 0. The van der Waals surface area contributed by atoms with Crippen molar-refractivity contribution in [2.24, 2.45) is 5.73 Å². The van der Waals surface area contributed by atoms with Crippen LogP contribution in [0.4, 0.5) is 0 Å². The molecule has 0 aliphatic heterocycles. The number of rotatable bonds is 3. The zero-order chi connectivity index (χ0) is 14.4. The number of hydrogen-bond donors (Lipinski definition) is 1. The van der Waals surface area contributed by atoms with E-state index >= 15 is 0 Å². The average Bonchev–Trinajstić information content (AvgIpc) is 3.28. The van der Waals surface area contributed by atoms with Crippen LogP contribution in [0.1, 0.15) is 24.4 Å². The van der Waals surface area contributed by atoms with Crippen LogP contribution >= 0.6 is 11.6 Å². The van der Waals surface area contributed by atoms with Gasteiger partial charge in [0.25, 0.3) is 0 Å². The fourth-order valence-electron chi connectivity index (χ4n) is 2.79. The van der Waals surface area contributed by atoms with Gasteiger partial charge in [0.2, 0.25) is 0 Å². The van der Waals surface area contributed by atoms with E-state index < -0.39 is 0 Å². The van der Waals surface area contributed by atoms with Crippen molar-refractivity contribution in [2.45, 2.75) is 25.4 Å². The van der Waals surface area contributed by atoms with Gasteiger partial charge in [-0.05, 0) is 30.5 Å². The highest BCUT2D eigenvalue weighted by Crippen LogP contribution is 2.42. The first-order valence-corrected chi connectivity index (χ1v) is 7.61. The summed E-state index contributed by atoms with van der Waals surface area (Å²) in [6.07, 6.45) is 2.40. The molecule has 1 aromatic heterocycles. The number of aromatic nitrogens is 2. The van der Waals surface area contributed by atoms with E-state index in [4.69, 9.17) is 22.3 Å². The molecule has 2 N–H and O–H groups in total. The molecule has 1 saturated carbocycles. The van der Waals surface area contributed by atoms with Crippen LogP contribution in [0.3, 0.4) is 0 Å². The molecule has 4 rings (SSSR count). The Morgan fingerprint density at radius 2 is 1.90 bits per heavy atom. The Bertz CT molecular complexity index is 801. The molecule has 0 spiro atoms. The number of nitrogens with two attached hydrogens (primary N) is 1.